The third-order valence-corrected chi connectivity index (χ3v) is 3.97. The molecule has 0 saturated heterocycles. The summed E-state index contributed by atoms with van der Waals surface area (Å²) in [6.07, 6.45) is 5.17. The molecule has 0 unspecified atom stereocenters. The van der Waals surface area contributed by atoms with Crippen molar-refractivity contribution in [3.05, 3.63) is 11.4 Å². The van der Waals surface area contributed by atoms with Crippen molar-refractivity contribution in [2.24, 2.45) is 5.92 Å². The molecule has 0 amide bonds. The van der Waals surface area contributed by atoms with Crippen LogP contribution in [0.5, 0.6) is 0 Å². The van der Waals surface area contributed by atoms with Gasteiger partial charge in [-0.25, -0.2) is 9.97 Å². The second kappa shape index (κ2) is 4.41. The molecule has 1 heterocycles. The number of hydrogen-bond donors (Lipinski definition) is 1. The van der Waals surface area contributed by atoms with Crippen LogP contribution in [0.25, 0.3) is 0 Å². The van der Waals surface area contributed by atoms with Gasteiger partial charge in [0.1, 0.15) is 17.5 Å². The quantitative estimate of drug-likeness (QED) is 0.867. The summed E-state index contributed by atoms with van der Waals surface area (Å²) < 4.78 is 0. The van der Waals surface area contributed by atoms with E-state index < -0.39 is 0 Å². The molecule has 4 nitrogen and oxygen atoms in total. The number of anilines is 2. The average Bonchev–Trinajstić information content (AvgIpc) is 3.23. The van der Waals surface area contributed by atoms with E-state index in [1.54, 1.807) is 0 Å². The second-order valence-electron chi connectivity index (χ2n) is 5.67. The fourth-order valence-electron chi connectivity index (χ4n) is 2.35. The first-order valence-corrected chi connectivity index (χ1v) is 7.08. The number of rotatable bonds is 5. The van der Waals surface area contributed by atoms with E-state index in [1.807, 2.05) is 6.92 Å². The summed E-state index contributed by atoms with van der Waals surface area (Å²) in [5.74, 6) is 4.12. The van der Waals surface area contributed by atoms with E-state index in [2.05, 4.69) is 16.8 Å². The molecule has 2 N–H and O–H groups in total. The average molecular weight is 246 g/mol. The van der Waals surface area contributed by atoms with Crippen molar-refractivity contribution in [1.82, 2.24) is 9.97 Å². The Balaban J connectivity index is 1.91. The molecule has 18 heavy (non-hydrogen) atoms. The maximum absolute atomic E-state index is 6.05. The van der Waals surface area contributed by atoms with Gasteiger partial charge in [0.2, 0.25) is 0 Å². The van der Waals surface area contributed by atoms with Gasteiger partial charge in [0, 0.05) is 24.6 Å². The highest BCUT2D eigenvalue weighted by atomic mass is 15.2. The summed E-state index contributed by atoms with van der Waals surface area (Å²) in [5.41, 5.74) is 7.09. The van der Waals surface area contributed by atoms with Gasteiger partial charge >= 0.3 is 0 Å². The zero-order valence-electron chi connectivity index (χ0n) is 11.3. The van der Waals surface area contributed by atoms with Crippen molar-refractivity contribution < 1.29 is 0 Å². The maximum atomic E-state index is 6.05. The van der Waals surface area contributed by atoms with Crippen molar-refractivity contribution in [3.63, 3.8) is 0 Å². The molecule has 0 atom stereocenters. The van der Waals surface area contributed by atoms with Crippen LogP contribution >= 0.6 is 0 Å². The first kappa shape index (κ1) is 11.8. The summed E-state index contributed by atoms with van der Waals surface area (Å²) >= 11 is 0. The number of hydrogen-bond acceptors (Lipinski definition) is 4. The third-order valence-electron chi connectivity index (χ3n) is 3.97. The predicted octanol–water partition coefficient (Wildman–Crippen LogP) is 2.48. The highest BCUT2D eigenvalue weighted by Gasteiger charge is 2.30. The van der Waals surface area contributed by atoms with Crippen molar-refractivity contribution in [2.75, 3.05) is 23.7 Å². The fourth-order valence-corrected chi connectivity index (χ4v) is 2.35. The maximum Gasteiger partial charge on any atom is 0.137 e. The highest BCUT2D eigenvalue weighted by molar-refractivity contribution is 5.57. The molecular weight excluding hydrogens is 224 g/mol. The van der Waals surface area contributed by atoms with Crippen LogP contribution in [0, 0.1) is 12.8 Å². The Morgan fingerprint density at radius 2 is 1.94 bits per heavy atom. The molecule has 0 spiro atoms. The lowest BCUT2D eigenvalue weighted by atomic mass is 10.2. The number of nitrogen functional groups attached to an aromatic ring is 1. The summed E-state index contributed by atoms with van der Waals surface area (Å²) in [4.78, 5) is 11.6. The van der Waals surface area contributed by atoms with Crippen LogP contribution in [0.3, 0.4) is 0 Å². The van der Waals surface area contributed by atoms with Gasteiger partial charge in [-0.3, -0.25) is 0 Å². The summed E-state index contributed by atoms with van der Waals surface area (Å²) in [7, 11) is 0. The van der Waals surface area contributed by atoms with Gasteiger partial charge in [0.25, 0.3) is 0 Å². The first-order valence-electron chi connectivity index (χ1n) is 7.08. The minimum Gasteiger partial charge on any atom is -0.383 e. The van der Waals surface area contributed by atoms with E-state index in [1.165, 1.54) is 25.7 Å². The molecule has 98 valence electrons. The van der Waals surface area contributed by atoms with Crippen LogP contribution in [-0.2, 0) is 0 Å². The first-order chi connectivity index (χ1) is 8.69. The number of nitrogens with zero attached hydrogens (tertiary/aromatic N) is 3. The van der Waals surface area contributed by atoms with Gasteiger partial charge in [-0.2, -0.15) is 0 Å². The normalized spacial score (nSPS) is 19.0. The molecule has 2 aliphatic rings. The van der Waals surface area contributed by atoms with Crippen molar-refractivity contribution in [3.8, 4) is 0 Å². The second-order valence-corrected chi connectivity index (χ2v) is 5.67. The largest absolute Gasteiger partial charge is 0.383 e. The molecule has 2 aliphatic carbocycles. The zero-order chi connectivity index (χ0) is 12.7. The van der Waals surface area contributed by atoms with Gasteiger partial charge < -0.3 is 10.6 Å². The molecule has 1 aromatic rings. The van der Waals surface area contributed by atoms with Crippen molar-refractivity contribution in [2.45, 2.75) is 45.4 Å². The molecule has 2 saturated carbocycles. The Hall–Kier alpha value is -1.32. The Morgan fingerprint density at radius 1 is 1.22 bits per heavy atom. The molecule has 3 rings (SSSR count). The van der Waals surface area contributed by atoms with Gasteiger partial charge in [-0.1, -0.05) is 0 Å². The molecule has 2 fully saturated rings. The van der Waals surface area contributed by atoms with Gasteiger partial charge in [0.15, 0.2) is 0 Å². The van der Waals surface area contributed by atoms with Crippen LogP contribution in [0.2, 0.25) is 0 Å². The van der Waals surface area contributed by atoms with Gasteiger partial charge in [-0.05, 0) is 45.4 Å². The van der Waals surface area contributed by atoms with Crippen LogP contribution < -0.4 is 10.6 Å². The van der Waals surface area contributed by atoms with Crippen LogP contribution in [0.15, 0.2) is 0 Å². The molecule has 0 radical (unpaired) electrons. The molecule has 4 heteroatoms. The lowest BCUT2D eigenvalue weighted by Crippen LogP contribution is -2.28. The Labute approximate surface area is 109 Å². The summed E-state index contributed by atoms with van der Waals surface area (Å²) in [6, 6.07) is 0. The van der Waals surface area contributed by atoms with Gasteiger partial charge in [-0.15, -0.1) is 0 Å². The van der Waals surface area contributed by atoms with E-state index in [0.717, 1.165) is 36.2 Å². The Morgan fingerprint density at radius 3 is 2.50 bits per heavy atom. The highest BCUT2D eigenvalue weighted by Crippen LogP contribution is 2.40. The van der Waals surface area contributed by atoms with Crippen LogP contribution in [-0.4, -0.2) is 23.1 Å². The van der Waals surface area contributed by atoms with E-state index in [4.69, 9.17) is 10.7 Å². The standard InChI is InChI=1S/C14H22N4/c1-3-18(8-10-4-5-10)14-9(2)12(15)16-13(17-14)11-6-7-11/h10-11H,3-8H2,1-2H3,(H2,15,16,17). The van der Waals surface area contributed by atoms with Crippen LogP contribution in [0.4, 0.5) is 11.6 Å². The monoisotopic (exact) mass is 246 g/mol. The van der Waals surface area contributed by atoms with E-state index in [0.29, 0.717) is 11.7 Å². The molecular formula is C14H22N4. The number of nitrogens with two attached hydrogens (primary N) is 1. The fraction of sp³-hybridized carbons (Fsp3) is 0.714. The van der Waals surface area contributed by atoms with E-state index in [-0.39, 0.29) is 0 Å². The van der Waals surface area contributed by atoms with Crippen molar-refractivity contribution >= 4 is 11.6 Å². The van der Waals surface area contributed by atoms with Crippen molar-refractivity contribution in [1.29, 1.82) is 0 Å². The zero-order valence-corrected chi connectivity index (χ0v) is 11.3. The third kappa shape index (κ3) is 2.28. The number of aromatic nitrogens is 2. The van der Waals surface area contributed by atoms with Gasteiger partial charge in [0.05, 0.1) is 0 Å². The Bertz CT molecular complexity index is 449. The summed E-state index contributed by atoms with van der Waals surface area (Å²) in [6.45, 7) is 6.35. The Kier molecular flexibility index (Phi) is 2.88. The minimum atomic E-state index is 0.561. The summed E-state index contributed by atoms with van der Waals surface area (Å²) in [5, 5.41) is 0. The lowest BCUT2D eigenvalue weighted by molar-refractivity contribution is 0.722. The minimum absolute atomic E-state index is 0.561. The SMILES string of the molecule is CCN(CC1CC1)c1nc(C2CC2)nc(N)c1C. The van der Waals surface area contributed by atoms with E-state index >= 15 is 0 Å². The lowest BCUT2D eigenvalue weighted by Gasteiger charge is -2.24. The molecule has 0 aliphatic heterocycles. The van der Waals surface area contributed by atoms with E-state index in [9.17, 15) is 0 Å². The molecule has 0 bridgehead atoms. The van der Waals surface area contributed by atoms with Crippen LogP contribution in [0.1, 0.15) is 49.9 Å². The molecule has 1 aromatic heterocycles. The predicted molar refractivity (Wildman–Crippen MR) is 73.8 cm³/mol. The molecule has 0 aromatic carbocycles. The smallest absolute Gasteiger partial charge is 0.137 e. The topological polar surface area (TPSA) is 55.0 Å².